The summed E-state index contributed by atoms with van der Waals surface area (Å²) in [5, 5.41) is 12.1. The highest BCUT2D eigenvalue weighted by atomic mass is 32.2. The molecular formula is C32H25N3O6S2. The van der Waals surface area contributed by atoms with Crippen molar-refractivity contribution in [1.82, 2.24) is 4.98 Å². The van der Waals surface area contributed by atoms with Crippen molar-refractivity contribution < 1.29 is 19.2 Å². The number of thiazole rings is 1. The number of non-ortho nitro benzene ring substituents is 1. The van der Waals surface area contributed by atoms with Gasteiger partial charge in [-0.25, -0.2) is 0 Å². The third kappa shape index (κ3) is 4.09. The van der Waals surface area contributed by atoms with Gasteiger partial charge in [-0.3, -0.25) is 29.4 Å². The molecule has 43 heavy (non-hydrogen) atoms. The molecule has 2 bridgehead atoms. The number of hydrogen-bond donors (Lipinski definition) is 1. The predicted molar refractivity (Wildman–Crippen MR) is 161 cm³/mol. The third-order valence-corrected chi connectivity index (χ3v) is 12.1. The first-order chi connectivity index (χ1) is 20.9. The van der Waals surface area contributed by atoms with Crippen LogP contribution in [-0.2, 0) is 16.2 Å². The van der Waals surface area contributed by atoms with Crippen molar-refractivity contribution in [3.63, 3.8) is 0 Å². The van der Waals surface area contributed by atoms with E-state index in [1.54, 1.807) is 11.8 Å². The van der Waals surface area contributed by atoms with E-state index in [2.05, 4.69) is 17.1 Å². The molecule has 11 heteroatoms. The van der Waals surface area contributed by atoms with Crippen LogP contribution in [0.5, 0.6) is 5.75 Å². The first-order valence-corrected chi connectivity index (χ1v) is 15.9. The lowest BCUT2D eigenvalue weighted by Crippen LogP contribution is -2.42. The van der Waals surface area contributed by atoms with E-state index in [-0.39, 0.29) is 51.3 Å². The minimum atomic E-state index is -0.501. The Balaban J connectivity index is 1.11. The average Bonchev–Trinajstić information content (AvgIpc) is 3.76. The number of nitrogens with one attached hydrogen (secondary N) is 1. The molecule has 0 radical (unpaired) electrons. The number of imide groups is 1. The molecule has 2 aliphatic carbocycles. The third-order valence-electron chi connectivity index (χ3n) is 9.53. The number of nitro groups is 1. The molecule has 2 aliphatic heterocycles. The molecule has 0 spiro atoms. The highest BCUT2D eigenvalue weighted by molar-refractivity contribution is 8.00. The second kappa shape index (κ2) is 9.92. The maximum Gasteiger partial charge on any atom is 0.305 e. The van der Waals surface area contributed by atoms with E-state index in [0.717, 1.165) is 33.2 Å². The standard InChI is InChI=1S/C32H25N3O6S2/c36-30-25-21-14-22(26(25)31(37)34(30)18-8-10-19(11-9-18)35(39)40)27-24(21)23(28-29(42-27)33-32(38)43-28)17-6-12-20(13-7-17)41-15-16-4-2-1-3-5-16/h1-13,21-27H,14-15H2,(H,33,38)/t21-,22-,23+,24+,25+,26+,27-/m1/s1. The molecule has 1 aromatic heterocycles. The number of rotatable bonds is 6. The fourth-order valence-corrected chi connectivity index (χ4v) is 10.8. The lowest BCUT2D eigenvalue weighted by Gasteiger charge is -2.43. The first kappa shape index (κ1) is 26.4. The molecule has 4 aromatic rings. The number of nitrogens with zero attached hydrogens (tertiary/aromatic N) is 2. The number of hydrogen-bond acceptors (Lipinski definition) is 8. The van der Waals surface area contributed by atoms with Gasteiger partial charge in [0.1, 0.15) is 12.4 Å². The van der Waals surface area contributed by atoms with Crippen LogP contribution in [0.1, 0.15) is 28.3 Å². The van der Waals surface area contributed by atoms with Gasteiger partial charge in [-0.1, -0.05) is 53.8 Å². The van der Waals surface area contributed by atoms with Crippen molar-refractivity contribution in [3.05, 3.63) is 115 Å². The number of anilines is 1. The molecule has 1 saturated heterocycles. The molecular weight excluding hydrogens is 587 g/mol. The van der Waals surface area contributed by atoms with Gasteiger partial charge < -0.3 is 9.72 Å². The van der Waals surface area contributed by atoms with Crippen molar-refractivity contribution in [2.24, 2.45) is 29.6 Å². The monoisotopic (exact) mass is 611 g/mol. The summed E-state index contributed by atoms with van der Waals surface area (Å²) in [6.45, 7) is 0.461. The van der Waals surface area contributed by atoms with Gasteiger partial charge in [-0.15, -0.1) is 11.8 Å². The zero-order chi connectivity index (χ0) is 29.4. The van der Waals surface area contributed by atoms with E-state index in [1.807, 2.05) is 42.5 Å². The average molecular weight is 612 g/mol. The number of aromatic nitrogens is 1. The molecule has 4 aliphatic rings. The summed E-state index contributed by atoms with van der Waals surface area (Å²) in [6.07, 6.45) is 0.789. The van der Waals surface area contributed by atoms with Gasteiger partial charge in [0.2, 0.25) is 11.8 Å². The number of thioether (sulfide) groups is 1. The number of H-pyrrole nitrogens is 1. The number of nitro benzene ring substituents is 1. The van der Waals surface area contributed by atoms with Crippen LogP contribution in [0.3, 0.4) is 0 Å². The van der Waals surface area contributed by atoms with Gasteiger partial charge in [-0.2, -0.15) is 0 Å². The first-order valence-electron chi connectivity index (χ1n) is 14.2. The summed E-state index contributed by atoms with van der Waals surface area (Å²) in [5.41, 5.74) is 2.42. The van der Waals surface area contributed by atoms with Crippen LogP contribution in [0.15, 0.2) is 88.7 Å². The molecule has 3 aromatic carbocycles. The maximum absolute atomic E-state index is 13.9. The lowest BCUT2D eigenvalue weighted by atomic mass is 9.68. The van der Waals surface area contributed by atoms with Gasteiger partial charge in [0.25, 0.3) is 5.69 Å². The van der Waals surface area contributed by atoms with Crippen LogP contribution in [0.2, 0.25) is 0 Å². The van der Waals surface area contributed by atoms with Crippen LogP contribution in [0, 0.1) is 39.7 Å². The zero-order valence-electron chi connectivity index (χ0n) is 22.6. The fourth-order valence-electron chi connectivity index (χ4n) is 7.88. The predicted octanol–water partition coefficient (Wildman–Crippen LogP) is 5.60. The van der Waals surface area contributed by atoms with Gasteiger partial charge in [-0.05, 0) is 59.6 Å². The topological polar surface area (TPSA) is 123 Å². The molecule has 7 atom stereocenters. The van der Waals surface area contributed by atoms with E-state index in [9.17, 15) is 24.5 Å². The molecule has 2 amide bonds. The van der Waals surface area contributed by atoms with E-state index in [0.29, 0.717) is 12.3 Å². The van der Waals surface area contributed by atoms with E-state index in [4.69, 9.17) is 4.74 Å². The van der Waals surface area contributed by atoms with Gasteiger partial charge in [0.05, 0.1) is 27.5 Å². The van der Waals surface area contributed by atoms with Crippen molar-refractivity contribution in [2.45, 2.75) is 29.2 Å². The molecule has 1 N–H and O–H groups in total. The van der Waals surface area contributed by atoms with Gasteiger partial charge in [0.15, 0.2) is 0 Å². The molecule has 216 valence electrons. The Kier molecular flexibility index (Phi) is 6.09. The van der Waals surface area contributed by atoms with E-state index in [1.165, 1.54) is 40.5 Å². The normalized spacial score (nSPS) is 28.5. The number of carbonyl (C=O) groups excluding carboxylic acids is 2. The summed E-state index contributed by atoms with van der Waals surface area (Å²) < 4.78 is 6.02. The quantitative estimate of drug-likeness (QED) is 0.171. The van der Waals surface area contributed by atoms with E-state index >= 15 is 0 Å². The number of amides is 2. The van der Waals surface area contributed by atoms with Crippen molar-refractivity contribution in [2.75, 3.05) is 4.90 Å². The van der Waals surface area contributed by atoms with Crippen LogP contribution >= 0.6 is 23.1 Å². The Morgan fingerprint density at radius 3 is 2.30 bits per heavy atom. The molecule has 0 unspecified atom stereocenters. The van der Waals surface area contributed by atoms with E-state index < -0.39 is 16.8 Å². The summed E-state index contributed by atoms with van der Waals surface area (Å²) in [7, 11) is 0. The molecule has 8 rings (SSSR count). The highest BCUT2D eigenvalue weighted by Crippen LogP contribution is 2.68. The fraction of sp³-hybridized carbons (Fsp3) is 0.281. The molecule has 3 fully saturated rings. The van der Waals surface area contributed by atoms with Crippen molar-refractivity contribution in [3.8, 4) is 5.75 Å². The van der Waals surface area contributed by atoms with Crippen molar-refractivity contribution in [1.29, 1.82) is 0 Å². The number of aromatic amines is 1. The van der Waals surface area contributed by atoms with Gasteiger partial charge in [0, 0.05) is 28.2 Å². The van der Waals surface area contributed by atoms with Crippen LogP contribution < -0.4 is 14.5 Å². The van der Waals surface area contributed by atoms with Gasteiger partial charge >= 0.3 is 4.87 Å². The number of ether oxygens (including phenoxy) is 1. The number of benzene rings is 3. The largest absolute Gasteiger partial charge is 0.489 e. The minimum absolute atomic E-state index is 0.00275. The number of carbonyl (C=O) groups is 2. The smallest absolute Gasteiger partial charge is 0.305 e. The maximum atomic E-state index is 13.9. The lowest BCUT2D eigenvalue weighted by molar-refractivity contribution is -0.384. The summed E-state index contributed by atoms with van der Waals surface area (Å²) in [4.78, 5) is 56.0. The Labute approximate surface area is 254 Å². The molecule has 9 nitrogen and oxygen atoms in total. The molecule has 3 heterocycles. The van der Waals surface area contributed by atoms with Crippen LogP contribution in [-0.4, -0.2) is 27.0 Å². The second-order valence-electron chi connectivity index (χ2n) is 11.6. The van der Waals surface area contributed by atoms with Crippen LogP contribution in [0.25, 0.3) is 0 Å². The summed E-state index contributed by atoms with van der Waals surface area (Å²) in [5.74, 6) is -0.591. The second-order valence-corrected chi connectivity index (χ2v) is 13.8. The SMILES string of the molecule is O=C1[C@H]2[C@H]3C[C@@H]([C@@H]2C(=O)N1c1ccc([N+](=O)[O-])cc1)[C@H]1[C@H](c2ccc(OCc4ccccc4)cc2)c2sc(=O)[nH]c2S[C@H]31. The zero-order valence-corrected chi connectivity index (χ0v) is 24.3. The molecule has 2 saturated carbocycles. The Bertz CT molecular complexity index is 1820. The Morgan fingerprint density at radius 2 is 1.60 bits per heavy atom. The minimum Gasteiger partial charge on any atom is -0.489 e. The van der Waals surface area contributed by atoms with Crippen molar-refractivity contribution >= 4 is 46.3 Å². The Morgan fingerprint density at radius 1 is 0.907 bits per heavy atom. The van der Waals surface area contributed by atoms with Crippen LogP contribution in [0.4, 0.5) is 11.4 Å². The number of fused-ring (bicyclic) bond motifs is 9. The summed E-state index contributed by atoms with van der Waals surface area (Å²) >= 11 is 2.87. The highest BCUT2D eigenvalue weighted by Gasteiger charge is 2.69. The summed E-state index contributed by atoms with van der Waals surface area (Å²) in [6, 6.07) is 23.6. The Hall–Kier alpha value is -4.22.